The summed E-state index contributed by atoms with van der Waals surface area (Å²) >= 11 is 0. The number of nitrogens with two attached hydrogens (primary N) is 5. The van der Waals surface area contributed by atoms with Crippen molar-refractivity contribution in [2.24, 2.45) is 40.5 Å². The molecule has 15 amide bonds. The Kier molecular flexibility index (Phi) is 43.3. The van der Waals surface area contributed by atoms with Gasteiger partial charge in [-0.25, -0.2) is 0 Å². The van der Waals surface area contributed by atoms with E-state index >= 15 is 4.79 Å². The van der Waals surface area contributed by atoms with E-state index < -0.39 is 218 Å². The maximum Gasteiger partial charge on any atom is 0.322 e. The van der Waals surface area contributed by atoms with Gasteiger partial charge in [0.1, 0.15) is 84.8 Å². The summed E-state index contributed by atoms with van der Waals surface area (Å²) in [6.45, 7) is 4.61. The van der Waals surface area contributed by atoms with Crippen LogP contribution in [0.4, 0.5) is 0 Å². The van der Waals surface area contributed by atoms with Crippen LogP contribution in [0, 0.1) is 11.8 Å². The SMILES string of the molecule is CC[C@H](C)[C@H](N)C(=O)N[C@@H](CCCCN)C(=O)N[C@@H](CC(N)=O)C(=O)N[C@@H](C)C(=O)N[C@@H](CO)C(=O)N[C@@H](CC(C)C)C(=O)N[C@@H](CO)C(=O)N[C@@H](Cc1c[nH]c2ccccc12)C(=O)NCC(=O)N[C@@H](CCCCN)C(=O)N[C@@H](Cc1c[nH]c2ccccc12)C(=O)N[C@@H](Cc1ccc(O)cc1)C(=O)N[C@@H](CCCCN)C(=O)N[C@@H](CC(=O)O)C(=O)NCC(=O)O. The van der Waals surface area contributed by atoms with Crippen LogP contribution < -0.4 is 103 Å². The Morgan fingerprint density at radius 2 is 0.760 bits per heavy atom. The molecule has 43 nitrogen and oxygen atoms in total. The molecule has 0 aliphatic heterocycles. The van der Waals surface area contributed by atoms with E-state index in [-0.39, 0.29) is 95.0 Å². The molecule has 686 valence electrons. The number of hydrogen-bond donors (Lipinski definition) is 26. The fourth-order valence-corrected chi connectivity index (χ4v) is 13.2. The normalized spacial score (nSPS) is 14.6. The Morgan fingerprint density at radius 1 is 0.392 bits per heavy atom. The molecule has 0 radical (unpaired) electrons. The Labute approximate surface area is 720 Å². The third-order valence-electron chi connectivity index (χ3n) is 20.4. The molecule has 3 aromatic carbocycles. The van der Waals surface area contributed by atoms with Gasteiger partial charge >= 0.3 is 11.9 Å². The van der Waals surface area contributed by atoms with Gasteiger partial charge in [0.05, 0.1) is 38.6 Å². The molecule has 5 aromatic rings. The van der Waals surface area contributed by atoms with E-state index in [0.29, 0.717) is 70.6 Å². The Morgan fingerprint density at radius 3 is 1.21 bits per heavy atom. The highest BCUT2D eigenvalue weighted by atomic mass is 16.4. The summed E-state index contributed by atoms with van der Waals surface area (Å²) in [5.41, 5.74) is 31.4. The van der Waals surface area contributed by atoms with E-state index in [1.807, 2.05) is 12.2 Å². The van der Waals surface area contributed by atoms with E-state index in [1.54, 1.807) is 81.7 Å². The lowest BCUT2D eigenvalue weighted by Crippen LogP contribution is -2.61. The summed E-state index contributed by atoms with van der Waals surface area (Å²) in [6, 6.07) is -1.06. The van der Waals surface area contributed by atoms with E-state index in [4.69, 9.17) is 28.7 Å². The topological polar surface area (TPSA) is 721 Å². The zero-order chi connectivity index (χ0) is 92.6. The molecule has 0 aliphatic carbocycles. The number of phenols is 1. The highest BCUT2D eigenvalue weighted by molar-refractivity contribution is 6.02. The van der Waals surface area contributed by atoms with Crippen LogP contribution in [-0.2, 0) is 101 Å². The predicted molar refractivity (Wildman–Crippen MR) is 454 cm³/mol. The number of hydrogen-bond acceptors (Lipinski definition) is 24. The van der Waals surface area contributed by atoms with Gasteiger partial charge in [-0.1, -0.05) is 82.6 Å². The van der Waals surface area contributed by atoms with E-state index in [2.05, 4.69) is 79.1 Å². The molecule has 43 heteroatoms. The van der Waals surface area contributed by atoms with Gasteiger partial charge in [0.25, 0.3) is 0 Å². The second-order valence-electron chi connectivity index (χ2n) is 30.8. The number of H-pyrrole nitrogens is 2. The number of aliphatic hydroxyl groups excluding tert-OH is 2. The molecule has 0 spiro atoms. The van der Waals surface area contributed by atoms with E-state index in [9.17, 15) is 102 Å². The van der Waals surface area contributed by atoms with Gasteiger partial charge in [-0.2, -0.15) is 0 Å². The minimum Gasteiger partial charge on any atom is -0.508 e. The molecule has 0 aliphatic rings. The zero-order valence-corrected chi connectivity index (χ0v) is 70.6. The van der Waals surface area contributed by atoms with Crippen LogP contribution in [0.25, 0.3) is 21.8 Å². The summed E-state index contributed by atoms with van der Waals surface area (Å²) < 4.78 is 0. The minimum absolute atomic E-state index is 0.0615. The summed E-state index contributed by atoms with van der Waals surface area (Å²) in [5.74, 6) is -19.1. The van der Waals surface area contributed by atoms with Gasteiger partial charge in [0.2, 0.25) is 88.6 Å². The van der Waals surface area contributed by atoms with Gasteiger partial charge in [0, 0.05) is 53.5 Å². The third-order valence-corrected chi connectivity index (χ3v) is 20.4. The number of carbonyl (C=O) groups is 17. The van der Waals surface area contributed by atoms with Gasteiger partial charge in [-0.05, 0) is 144 Å². The number of fused-ring (bicyclic) bond motifs is 2. The number of aromatic hydroxyl groups is 1. The number of aromatic nitrogens is 2. The number of aromatic amines is 2. The number of phenolic OH excluding ortho intramolecular Hbond substituents is 1. The van der Waals surface area contributed by atoms with Crippen LogP contribution in [0.3, 0.4) is 0 Å². The summed E-state index contributed by atoms with van der Waals surface area (Å²) in [6.07, 6.45) is 2.54. The van der Waals surface area contributed by atoms with Gasteiger partial charge in [-0.3, -0.25) is 81.5 Å². The van der Waals surface area contributed by atoms with Crippen molar-refractivity contribution >= 4 is 122 Å². The number of aliphatic hydroxyl groups is 2. The smallest absolute Gasteiger partial charge is 0.322 e. The lowest BCUT2D eigenvalue weighted by Gasteiger charge is -2.27. The highest BCUT2D eigenvalue weighted by Gasteiger charge is 2.38. The van der Waals surface area contributed by atoms with Crippen molar-refractivity contribution in [3.05, 3.63) is 102 Å². The Bertz CT molecular complexity index is 4500. The molecule has 0 fully saturated rings. The van der Waals surface area contributed by atoms with Crippen LogP contribution in [0.15, 0.2) is 85.2 Å². The standard InChI is InChI=1S/C82H121N21O22/c1-6-44(4)69(87)82(125)95-56(23-13-16-30-85)75(118)100-61(35-65(86)107)76(119)92-45(5)70(113)102-63(41-104)80(123)96-57(31-43(2)3)77(120)103-64(42-105)81(124)98-59(33-47-37-88-52-19-9-7-17-50(47)52)71(114)90-39-66(108)93-54(21-11-14-28-83)73(116)99-60(34-48-38-89-53-20-10-8-18-51(48)53)79(122)97-58(32-46-24-26-49(106)27-25-46)78(121)94-55(22-12-15-29-84)74(117)101-62(36-67(109)110)72(115)91-40-68(111)112/h7-10,17-20,24-27,37-38,43-45,54-64,69,88-89,104-106H,6,11-16,21-23,28-36,39-42,83-85,87H2,1-5H3,(H2,86,107)(H,90,114)(H,91,115)(H,92,119)(H,93,108)(H,94,121)(H,95,125)(H,96,123)(H,97,122)(H,98,124)(H,99,116)(H,100,118)(H,101,117)(H,102,113)(H,103,120)(H,109,110)(H,111,112)/t44-,45-,54-,55-,56-,57-,58-,59-,60-,61-,62-,63-,64-,69-/m0/s1. The molecule has 0 bridgehead atoms. The first-order valence-corrected chi connectivity index (χ1v) is 41.3. The third kappa shape index (κ3) is 34.5. The first-order valence-electron chi connectivity index (χ1n) is 41.3. The number of para-hydroxylation sites is 2. The second kappa shape index (κ2) is 52.7. The number of amides is 15. The average Bonchev–Trinajstić information content (AvgIpc) is 1.64. The Hall–Kier alpha value is -12.7. The summed E-state index contributed by atoms with van der Waals surface area (Å²) in [5, 5.41) is 85.7. The number of benzene rings is 3. The molecular formula is C82H121N21O22. The minimum atomic E-state index is -1.87. The molecule has 14 atom stereocenters. The van der Waals surface area contributed by atoms with Crippen LogP contribution in [-0.4, -0.2) is 261 Å². The van der Waals surface area contributed by atoms with Crippen LogP contribution >= 0.6 is 0 Å². The monoisotopic (exact) mass is 1750 g/mol. The highest BCUT2D eigenvalue weighted by Crippen LogP contribution is 2.23. The maximum atomic E-state index is 15.1. The number of aliphatic carboxylic acids is 2. The first kappa shape index (κ1) is 103. The molecule has 31 N–H and O–H groups in total. The maximum absolute atomic E-state index is 15.1. The molecule has 2 aromatic heterocycles. The van der Waals surface area contributed by atoms with E-state index in [0.717, 1.165) is 0 Å². The number of rotatable bonds is 57. The number of carboxylic acid groups (broad SMARTS) is 2. The molecule has 2 heterocycles. The number of unbranched alkanes of at least 4 members (excludes halogenated alkanes) is 3. The van der Waals surface area contributed by atoms with Crippen LogP contribution in [0.5, 0.6) is 5.75 Å². The lowest BCUT2D eigenvalue weighted by atomic mass is 9.98. The van der Waals surface area contributed by atoms with Crippen LogP contribution in [0.1, 0.15) is 135 Å². The quantitative estimate of drug-likeness (QED) is 0.0162. The first-order chi connectivity index (χ1) is 59.4. The van der Waals surface area contributed by atoms with Crippen molar-refractivity contribution in [1.29, 1.82) is 0 Å². The van der Waals surface area contributed by atoms with Crippen molar-refractivity contribution in [3.63, 3.8) is 0 Å². The number of nitrogens with one attached hydrogen (secondary N) is 16. The second-order valence-corrected chi connectivity index (χ2v) is 30.8. The molecular weight excluding hydrogens is 1630 g/mol. The molecule has 0 unspecified atom stereocenters. The van der Waals surface area contributed by atoms with Crippen molar-refractivity contribution in [2.45, 2.75) is 216 Å². The van der Waals surface area contributed by atoms with Crippen molar-refractivity contribution < 1.29 is 107 Å². The summed E-state index contributed by atoms with van der Waals surface area (Å²) in [7, 11) is 0. The number of primary amides is 1. The lowest BCUT2D eigenvalue weighted by molar-refractivity contribution is -0.142. The average molecular weight is 1750 g/mol. The zero-order valence-electron chi connectivity index (χ0n) is 70.6. The Balaban J connectivity index is 1.36. The van der Waals surface area contributed by atoms with Crippen molar-refractivity contribution in [2.75, 3.05) is 45.9 Å². The predicted octanol–water partition coefficient (Wildman–Crippen LogP) is -5.32. The largest absolute Gasteiger partial charge is 0.508 e. The fraction of sp³-hybridized carbons (Fsp3) is 0.524. The fourth-order valence-electron chi connectivity index (χ4n) is 13.2. The van der Waals surface area contributed by atoms with Crippen LogP contribution in [0.2, 0.25) is 0 Å². The van der Waals surface area contributed by atoms with Gasteiger partial charge in [0.15, 0.2) is 0 Å². The molecule has 5 rings (SSSR count). The van der Waals surface area contributed by atoms with Crippen molar-refractivity contribution in [1.82, 2.24) is 84.4 Å². The van der Waals surface area contributed by atoms with Crippen molar-refractivity contribution in [3.8, 4) is 5.75 Å². The van der Waals surface area contributed by atoms with Gasteiger partial charge < -0.3 is 139 Å². The molecule has 0 saturated heterocycles. The number of carboxylic acids is 2. The number of carbonyl (C=O) groups excluding carboxylic acids is 15. The summed E-state index contributed by atoms with van der Waals surface area (Å²) in [4.78, 5) is 239. The van der Waals surface area contributed by atoms with Gasteiger partial charge in [-0.15, -0.1) is 0 Å². The molecule has 0 saturated carbocycles. The molecule has 125 heavy (non-hydrogen) atoms. The van der Waals surface area contributed by atoms with E-state index in [1.165, 1.54) is 31.2 Å².